The van der Waals surface area contributed by atoms with E-state index in [0.717, 1.165) is 6.54 Å². The molecule has 112 valence electrons. The Morgan fingerprint density at radius 1 is 0.955 bits per heavy atom. The number of benzene rings is 2. The first kappa shape index (κ1) is 13.8. The van der Waals surface area contributed by atoms with Crippen LogP contribution in [0.4, 0.5) is 0 Å². The van der Waals surface area contributed by atoms with Crippen LogP contribution >= 0.6 is 0 Å². The van der Waals surface area contributed by atoms with Crippen LogP contribution in [0.5, 0.6) is 0 Å². The number of aryl methyl sites for hydroxylation is 1. The molecule has 2 aliphatic heterocycles. The predicted octanol–water partition coefficient (Wildman–Crippen LogP) is 4.82. The van der Waals surface area contributed by atoms with Crippen molar-refractivity contribution in [2.24, 2.45) is 0 Å². The van der Waals surface area contributed by atoms with Crippen molar-refractivity contribution in [1.29, 1.82) is 0 Å². The molecule has 2 aliphatic rings. The lowest BCUT2D eigenvalue weighted by atomic mass is 9.94. The zero-order valence-corrected chi connectivity index (χ0v) is 13.2. The maximum absolute atomic E-state index is 2.70. The lowest BCUT2D eigenvalue weighted by molar-refractivity contribution is 0.203. The van der Waals surface area contributed by atoms with Crippen molar-refractivity contribution in [3.8, 4) is 0 Å². The van der Waals surface area contributed by atoms with Crippen molar-refractivity contribution in [3.63, 3.8) is 0 Å². The summed E-state index contributed by atoms with van der Waals surface area (Å²) in [5, 5.41) is 0. The normalized spacial score (nSPS) is 24.3. The highest BCUT2D eigenvalue weighted by atomic mass is 15.2. The number of nitrogens with zero attached hydrogens (tertiary/aromatic N) is 1. The van der Waals surface area contributed by atoms with E-state index < -0.39 is 0 Å². The van der Waals surface area contributed by atoms with Crippen LogP contribution in [0.25, 0.3) is 5.57 Å². The summed E-state index contributed by atoms with van der Waals surface area (Å²) in [5.74, 6) is 0. The van der Waals surface area contributed by atoms with E-state index in [-0.39, 0.29) is 0 Å². The molecule has 0 N–H and O–H groups in total. The molecule has 2 atom stereocenters. The van der Waals surface area contributed by atoms with Gasteiger partial charge in [0.1, 0.15) is 0 Å². The molecule has 0 radical (unpaired) electrons. The molecule has 2 aromatic carbocycles. The summed E-state index contributed by atoms with van der Waals surface area (Å²) in [6, 6.07) is 21.3. The van der Waals surface area contributed by atoms with Gasteiger partial charge in [0.2, 0.25) is 0 Å². The standard InChI is InChI=1S/C21H23N/c1-16-7-9-18(10-8-16)19-13-20-11-12-21(14-19)22(20)15-17-5-3-2-4-6-17/h2-10,13,20-21H,11-12,14-15H2,1H3. The third-order valence-corrected chi connectivity index (χ3v) is 5.17. The first-order chi connectivity index (χ1) is 10.8. The Balaban J connectivity index is 1.56. The van der Waals surface area contributed by atoms with Crippen LogP contribution in [0.3, 0.4) is 0 Å². The molecule has 0 saturated carbocycles. The number of hydrogen-bond donors (Lipinski definition) is 0. The Hall–Kier alpha value is -1.86. The molecule has 2 unspecified atom stereocenters. The highest BCUT2D eigenvalue weighted by Crippen LogP contribution is 2.39. The van der Waals surface area contributed by atoms with E-state index >= 15 is 0 Å². The fourth-order valence-electron chi connectivity index (χ4n) is 3.94. The van der Waals surface area contributed by atoms with Gasteiger partial charge in [-0.2, -0.15) is 0 Å². The van der Waals surface area contributed by atoms with Gasteiger partial charge in [-0.1, -0.05) is 66.2 Å². The molecular weight excluding hydrogens is 266 g/mol. The quantitative estimate of drug-likeness (QED) is 0.783. The Labute approximate surface area is 133 Å². The monoisotopic (exact) mass is 289 g/mol. The first-order valence-electron chi connectivity index (χ1n) is 8.37. The van der Waals surface area contributed by atoms with E-state index in [1.54, 1.807) is 5.57 Å². The van der Waals surface area contributed by atoms with Gasteiger partial charge in [-0.25, -0.2) is 0 Å². The van der Waals surface area contributed by atoms with Crippen LogP contribution in [0.15, 0.2) is 60.7 Å². The molecule has 1 nitrogen and oxygen atoms in total. The Morgan fingerprint density at radius 3 is 2.45 bits per heavy atom. The van der Waals surface area contributed by atoms with Crippen LogP contribution in [0.1, 0.15) is 36.0 Å². The van der Waals surface area contributed by atoms with Crippen LogP contribution in [0, 0.1) is 6.92 Å². The molecule has 0 aliphatic carbocycles. The predicted molar refractivity (Wildman–Crippen MR) is 92.6 cm³/mol. The minimum atomic E-state index is 0.621. The molecular formula is C21H23N. The summed E-state index contributed by atoms with van der Waals surface area (Å²) in [6.07, 6.45) is 6.37. The molecule has 2 heterocycles. The van der Waals surface area contributed by atoms with Crippen LogP contribution in [0.2, 0.25) is 0 Å². The van der Waals surface area contributed by atoms with Crippen molar-refractivity contribution < 1.29 is 0 Å². The molecule has 1 saturated heterocycles. The number of hydrogen-bond acceptors (Lipinski definition) is 1. The van der Waals surface area contributed by atoms with Crippen LogP contribution < -0.4 is 0 Å². The van der Waals surface area contributed by atoms with Crippen LogP contribution in [-0.2, 0) is 6.54 Å². The Bertz CT molecular complexity index is 669. The van der Waals surface area contributed by atoms with Gasteiger partial charge in [0.15, 0.2) is 0 Å². The maximum Gasteiger partial charge on any atom is 0.0291 e. The van der Waals surface area contributed by atoms with Crippen molar-refractivity contribution in [3.05, 3.63) is 77.4 Å². The molecule has 4 rings (SSSR count). The summed E-state index contributed by atoms with van der Waals surface area (Å²) < 4.78 is 0. The van der Waals surface area contributed by atoms with Gasteiger partial charge >= 0.3 is 0 Å². The van der Waals surface area contributed by atoms with Gasteiger partial charge in [-0.15, -0.1) is 0 Å². The fraction of sp³-hybridized carbons (Fsp3) is 0.333. The van der Waals surface area contributed by atoms with Gasteiger partial charge < -0.3 is 0 Å². The molecule has 1 heteroatoms. The molecule has 22 heavy (non-hydrogen) atoms. The highest BCUT2D eigenvalue weighted by Gasteiger charge is 2.36. The molecule has 1 fully saturated rings. The molecule has 2 aromatic rings. The van der Waals surface area contributed by atoms with E-state index in [4.69, 9.17) is 0 Å². The van der Waals surface area contributed by atoms with Gasteiger partial charge in [-0.05, 0) is 42.9 Å². The third-order valence-electron chi connectivity index (χ3n) is 5.17. The average molecular weight is 289 g/mol. The second kappa shape index (κ2) is 5.73. The minimum Gasteiger partial charge on any atom is -0.289 e. The second-order valence-corrected chi connectivity index (χ2v) is 6.72. The summed E-state index contributed by atoms with van der Waals surface area (Å²) in [6.45, 7) is 3.25. The minimum absolute atomic E-state index is 0.621. The summed E-state index contributed by atoms with van der Waals surface area (Å²) in [4.78, 5) is 2.70. The van der Waals surface area contributed by atoms with Crippen molar-refractivity contribution in [1.82, 2.24) is 4.90 Å². The summed E-state index contributed by atoms with van der Waals surface area (Å²) in [5.41, 5.74) is 5.75. The lowest BCUT2D eigenvalue weighted by Crippen LogP contribution is -2.37. The SMILES string of the molecule is Cc1ccc(C2=CC3CCC(C2)N3Cc2ccccc2)cc1. The van der Waals surface area contributed by atoms with Gasteiger partial charge in [0.25, 0.3) is 0 Å². The van der Waals surface area contributed by atoms with Crippen LogP contribution in [-0.4, -0.2) is 17.0 Å². The highest BCUT2D eigenvalue weighted by molar-refractivity contribution is 5.68. The molecule has 0 aromatic heterocycles. The largest absolute Gasteiger partial charge is 0.289 e. The Kier molecular flexibility index (Phi) is 3.59. The van der Waals surface area contributed by atoms with Crippen molar-refractivity contribution in [2.45, 2.75) is 44.8 Å². The van der Waals surface area contributed by atoms with Crippen molar-refractivity contribution >= 4 is 5.57 Å². The molecule has 2 bridgehead atoms. The van der Waals surface area contributed by atoms with E-state index in [9.17, 15) is 0 Å². The van der Waals surface area contributed by atoms with E-state index in [1.165, 1.54) is 36.0 Å². The zero-order valence-electron chi connectivity index (χ0n) is 13.2. The van der Waals surface area contributed by atoms with Gasteiger partial charge in [0, 0.05) is 18.6 Å². The third kappa shape index (κ3) is 2.62. The smallest absolute Gasteiger partial charge is 0.0291 e. The van der Waals surface area contributed by atoms with Crippen molar-refractivity contribution in [2.75, 3.05) is 0 Å². The number of rotatable bonds is 3. The zero-order chi connectivity index (χ0) is 14.9. The topological polar surface area (TPSA) is 3.24 Å². The molecule has 0 spiro atoms. The Morgan fingerprint density at radius 2 is 1.73 bits per heavy atom. The van der Waals surface area contributed by atoms with E-state index in [1.807, 2.05) is 0 Å². The van der Waals surface area contributed by atoms with E-state index in [0.29, 0.717) is 12.1 Å². The lowest BCUT2D eigenvalue weighted by Gasteiger charge is -2.34. The number of fused-ring (bicyclic) bond motifs is 2. The van der Waals surface area contributed by atoms with Gasteiger partial charge in [0.05, 0.1) is 0 Å². The van der Waals surface area contributed by atoms with E-state index in [2.05, 4.69) is 72.5 Å². The maximum atomic E-state index is 2.70. The fourth-order valence-corrected chi connectivity index (χ4v) is 3.94. The van der Waals surface area contributed by atoms with Gasteiger partial charge in [-0.3, -0.25) is 4.90 Å². The average Bonchev–Trinajstić information content (AvgIpc) is 2.79. The first-order valence-corrected chi connectivity index (χ1v) is 8.37. The summed E-state index contributed by atoms with van der Waals surface area (Å²) >= 11 is 0. The summed E-state index contributed by atoms with van der Waals surface area (Å²) in [7, 11) is 0. The second-order valence-electron chi connectivity index (χ2n) is 6.72. The molecule has 0 amide bonds.